The van der Waals surface area contributed by atoms with Gasteiger partial charge in [0.1, 0.15) is 0 Å². The highest BCUT2D eigenvalue weighted by Gasteiger charge is 2.20. The van der Waals surface area contributed by atoms with E-state index in [9.17, 15) is 0 Å². The van der Waals surface area contributed by atoms with E-state index in [-0.39, 0.29) is 16.2 Å². The maximum absolute atomic E-state index is 2.36. The van der Waals surface area contributed by atoms with Gasteiger partial charge in [0, 0.05) is 43.9 Å². The summed E-state index contributed by atoms with van der Waals surface area (Å²) in [5.41, 5.74) is 12.4. The van der Waals surface area contributed by atoms with Gasteiger partial charge in [-0.3, -0.25) is 0 Å². The molecule has 3 heteroatoms. The minimum Gasteiger partial charge on any atom is -0.311 e. The van der Waals surface area contributed by atoms with Crippen LogP contribution < -0.4 is 9.80 Å². The van der Waals surface area contributed by atoms with Crippen LogP contribution in [0.1, 0.15) is 84.6 Å². The van der Waals surface area contributed by atoms with Crippen LogP contribution in [0.25, 0.3) is 0 Å². The third-order valence-corrected chi connectivity index (χ3v) is 10.7. The van der Waals surface area contributed by atoms with Gasteiger partial charge < -0.3 is 9.80 Å². The molecular weight excluding hydrogens is 649 g/mol. The predicted molar refractivity (Wildman–Crippen MR) is 227 cm³/mol. The SMILES string of the molecule is Cc1ccc(N(c2ccc(Sc3ccc(N(c4ccc(C(C)(C)C)cc4)c4ccc(C(C)(C)C)cc4)cc3)cc2)c2ccc(C(C)(C)C)cc2)cc1. The van der Waals surface area contributed by atoms with E-state index in [0.29, 0.717) is 0 Å². The van der Waals surface area contributed by atoms with Crippen LogP contribution in [0.15, 0.2) is 155 Å². The Morgan fingerprint density at radius 2 is 0.519 bits per heavy atom. The molecule has 0 saturated heterocycles. The second-order valence-electron chi connectivity index (χ2n) is 17.0. The summed E-state index contributed by atoms with van der Waals surface area (Å²) in [5.74, 6) is 0. The Bertz CT molecular complexity index is 2000. The average molecular weight is 703 g/mol. The quantitative estimate of drug-likeness (QED) is 0.156. The number of aryl methyl sites for hydroxylation is 1. The first kappa shape index (κ1) is 37.0. The minimum atomic E-state index is 0.103. The van der Waals surface area contributed by atoms with Gasteiger partial charge in [-0.25, -0.2) is 0 Å². The van der Waals surface area contributed by atoms with Gasteiger partial charge in [-0.1, -0.05) is 128 Å². The summed E-state index contributed by atoms with van der Waals surface area (Å²) < 4.78 is 0. The zero-order chi connectivity index (χ0) is 37.3. The van der Waals surface area contributed by atoms with Crippen LogP contribution in [0.3, 0.4) is 0 Å². The normalized spacial score (nSPS) is 12.1. The third-order valence-electron chi connectivity index (χ3n) is 9.69. The zero-order valence-electron chi connectivity index (χ0n) is 32.7. The van der Waals surface area contributed by atoms with Gasteiger partial charge in [-0.2, -0.15) is 0 Å². The first-order valence-electron chi connectivity index (χ1n) is 18.4. The molecule has 0 aliphatic rings. The first-order valence-corrected chi connectivity index (χ1v) is 19.2. The molecule has 0 unspecified atom stereocenters. The smallest absolute Gasteiger partial charge is 0.0462 e. The van der Waals surface area contributed by atoms with Crippen LogP contribution in [-0.4, -0.2) is 0 Å². The Hall–Kier alpha value is -4.73. The fourth-order valence-electron chi connectivity index (χ4n) is 6.38. The second kappa shape index (κ2) is 14.7. The van der Waals surface area contributed by atoms with Crippen LogP contribution in [0, 0.1) is 6.92 Å². The highest BCUT2D eigenvalue weighted by Crippen LogP contribution is 2.40. The lowest BCUT2D eigenvalue weighted by Crippen LogP contribution is -2.14. The number of anilines is 6. The van der Waals surface area contributed by atoms with Crippen molar-refractivity contribution in [1.29, 1.82) is 0 Å². The van der Waals surface area contributed by atoms with Crippen LogP contribution in [-0.2, 0) is 16.2 Å². The van der Waals surface area contributed by atoms with Gasteiger partial charge in [0.05, 0.1) is 0 Å². The third kappa shape index (κ3) is 8.65. The summed E-state index contributed by atoms with van der Waals surface area (Å²) in [6, 6.07) is 53.7. The van der Waals surface area contributed by atoms with Crippen molar-refractivity contribution in [3.8, 4) is 0 Å². The van der Waals surface area contributed by atoms with Gasteiger partial charge in [0.15, 0.2) is 0 Å². The Labute approximate surface area is 317 Å². The Kier molecular flexibility index (Phi) is 10.5. The lowest BCUT2D eigenvalue weighted by Gasteiger charge is -2.28. The van der Waals surface area contributed by atoms with Crippen LogP contribution in [0.5, 0.6) is 0 Å². The summed E-state index contributed by atoms with van der Waals surface area (Å²) in [7, 11) is 0. The topological polar surface area (TPSA) is 6.48 Å². The monoisotopic (exact) mass is 702 g/mol. The van der Waals surface area contributed by atoms with Crippen LogP contribution in [0.4, 0.5) is 34.1 Å². The molecule has 0 heterocycles. The molecule has 0 saturated carbocycles. The van der Waals surface area contributed by atoms with Crippen LogP contribution >= 0.6 is 11.8 Å². The summed E-state index contributed by atoms with van der Waals surface area (Å²) in [6.07, 6.45) is 0. The molecule has 0 radical (unpaired) electrons. The molecule has 0 fully saturated rings. The van der Waals surface area contributed by atoms with Gasteiger partial charge in [-0.15, -0.1) is 0 Å². The summed E-state index contributed by atoms with van der Waals surface area (Å²) >= 11 is 1.79. The molecule has 6 aromatic rings. The van der Waals surface area contributed by atoms with Crippen molar-refractivity contribution >= 4 is 45.9 Å². The second-order valence-corrected chi connectivity index (χ2v) is 18.1. The highest BCUT2D eigenvalue weighted by molar-refractivity contribution is 7.99. The molecule has 266 valence electrons. The number of nitrogens with zero attached hydrogens (tertiary/aromatic N) is 2. The van der Waals surface area contributed by atoms with Crippen molar-refractivity contribution in [3.63, 3.8) is 0 Å². The zero-order valence-corrected chi connectivity index (χ0v) is 33.5. The Morgan fingerprint density at radius 3 is 0.750 bits per heavy atom. The molecule has 0 aliphatic heterocycles. The van der Waals surface area contributed by atoms with Gasteiger partial charge in [0.25, 0.3) is 0 Å². The van der Waals surface area contributed by atoms with E-state index >= 15 is 0 Å². The van der Waals surface area contributed by atoms with Crippen LogP contribution in [0.2, 0.25) is 0 Å². The highest BCUT2D eigenvalue weighted by atomic mass is 32.2. The lowest BCUT2D eigenvalue weighted by molar-refractivity contribution is 0.590. The number of rotatable bonds is 8. The minimum absolute atomic E-state index is 0.103. The molecule has 52 heavy (non-hydrogen) atoms. The molecule has 0 N–H and O–H groups in total. The first-order chi connectivity index (χ1) is 24.6. The van der Waals surface area contributed by atoms with E-state index in [1.165, 1.54) is 32.0 Å². The maximum atomic E-state index is 2.36. The van der Waals surface area contributed by atoms with Gasteiger partial charge in [0.2, 0.25) is 0 Å². The lowest BCUT2D eigenvalue weighted by atomic mass is 9.86. The summed E-state index contributed by atoms with van der Waals surface area (Å²) in [4.78, 5) is 7.10. The van der Waals surface area contributed by atoms with E-state index in [1.807, 2.05) is 0 Å². The molecule has 0 atom stereocenters. The molecule has 6 aromatic carbocycles. The fourth-order valence-corrected chi connectivity index (χ4v) is 7.20. The van der Waals surface area contributed by atoms with Crippen molar-refractivity contribution in [2.75, 3.05) is 9.80 Å². The van der Waals surface area contributed by atoms with Crippen molar-refractivity contribution < 1.29 is 0 Å². The Morgan fingerprint density at radius 1 is 0.308 bits per heavy atom. The van der Waals surface area contributed by atoms with E-state index < -0.39 is 0 Å². The molecule has 0 spiro atoms. The van der Waals surface area contributed by atoms with E-state index in [1.54, 1.807) is 11.8 Å². The number of benzene rings is 6. The maximum Gasteiger partial charge on any atom is 0.0462 e. The number of hydrogen-bond acceptors (Lipinski definition) is 3. The summed E-state index contributed by atoms with van der Waals surface area (Å²) in [6.45, 7) is 22.5. The van der Waals surface area contributed by atoms with Gasteiger partial charge >= 0.3 is 0 Å². The molecule has 0 aliphatic carbocycles. The fraction of sp³-hybridized carbons (Fsp3) is 0.265. The molecule has 0 bridgehead atoms. The molecule has 0 amide bonds. The Balaban J connectivity index is 1.26. The van der Waals surface area contributed by atoms with E-state index in [2.05, 4.69) is 225 Å². The van der Waals surface area contributed by atoms with Crippen molar-refractivity contribution in [1.82, 2.24) is 0 Å². The van der Waals surface area contributed by atoms with E-state index in [4.69, 9.17) is 0 Å². The average Bonchev–Trinajstić information content (AvgIpc) is 3.10. The standard InChI is InChI=1S/C49H54N2S/c1-35-11-19-39(20-12-35)50(40-21-13-36(14-22-40)47(2,3)4)43-27-31-45(32-28-43)52-46-33-29-44(30-34-46)51(41-23-15-37(16-24-41)48(5,6)7)42-25-17-38(18-26-42)49(8,9)10/h11-34H,1-10H3. The molecule has 0 aromatic heterocycles. The number of hydrogen-bond donors (Lipinski definition) is 0. The van der Waals surface area contributed by atoms with Gasteiger partial charge in [-0.05, 0) is 137 Å². The van der Waals surface area contributed by atoms with Crippen molar-refractivity contribution in [2.45, 2.75) is 95.3 Å². The van der Waals surface area contributed by atoms with E-state index in [0.717, 1.165) is 34.1 Å². The summed E-state index contributed by atoms with van der Waals surface area (Å²) in [5, 5.41) is 0. The molecular formula is C49H54N2S. The van der Waals surface area contributed by atoms with Crippen molar-refractivity contribution in [3.05, 3.63) is 168 Å². The largest absolute Gasteiger partial charge is 0.311 e. The molecule has 6 rings (SSSR count). The van der Waals surface area contributed by atoms with Crippen molar-refractivity contribution in [2.24, 2.45) is 0 Å². The predicted octanol–water partition coefficient (Wildman–Crippen LogP) is 15.0. The molecule has 2 nitrogen and oxygen atoms in total.